The molecule has 0 bridgehead atoms. The molecule has 2 unspecified atom stereocenters. The van der Waals surface area contributed by atoms with Gasteiger partial charge in [0.15, 0.2) is 10.9 Å². The Hall–Kier alpha value is -2.50. The first-order valence-electron chi connectivity index (χ1n) is 11.0. The van der Waals surface area contributed by atoms with Crippen LogP contribution in [0.15, 0.2) is 70.8 Å². The van der Waals surface area contributed by atoms with Crippen molar-refractivity contribution in [1.82, 2.24) is 14.3 Å². The summed E-state index contributed by atoms with van der Waals surface area (Å²) in [6, 6.07) is 15.9. The number of morpholine rings is 1. The van der Waals surface area contributed by atoms with Crippen LogP contribution in [-0.2, 0) is 20.5 Å². The second kappa shape index (κ2) is 11.0. The Labute approximate surface area is 214 Å². The molecule has 35 heavy (non-hydrogen) atoms. The Morgan fingerprint density at radius 2 is 1.77 bits per heavy atom. The van der Waals surface area contributed by atoms with Crippen molar-refractivity contribution in [3.63, 3.8) is 0 Å². The average molecular weight is 533 g/mol. The van der Waals surface area contributed by atoms with Crippen molar-refractivity contribution in [2.24, 2.45) is 0 Å². The summed E-state index contributed by atoms with van der Waals surface area (Å²) in [5.74, 6) is 0.144. The van der Waals surface area contributed by atoms with Crippen LogP contribution in [0.1, 0.15) is 29.9 Å². The lowest BCUT2D eigenvalue weighted by molar-refractivity contribution is -0.0440. The molecule has 8 nitrogen and oxygen atoms in total. The lowest BCUT2D eigenvalue weighted by Crippen LogP contribution is -2.48. The average Bonchev–Trinajstić information content (AvgIpc) is 2.84. The summed E-state index contributed by atoms with van der Waals surface area (Å²) in [6.45, 7) is 4.28. The predicted octanol–water partition coefficient (Wildman–Crippen LogP) is 4.47. The molecule has 0 spiro atoms. The largest absolute Gasteiger partial charge is 0.373 e. The van der Waals surface area contributed by atoms with Gasteiger partial charge in [-0.15, -0.1) is 0 Å². The van der Waals surface area contributed by atoms with E-state index in [0.29, 0.717) is 29.7 Å². The summed E-state index contributed by atoms with van der Waals surface area (Å²) < 4.78 is 33.1. The minimum Gasteiger partial charge on any atom is -0.373 e. The van der Waals surface area contributed by atoms with Gasteiger partial charge in [-0.2, -0.15) is 4.31 Å². The molecule has 1 N–H and O–H groups in total. The fourth-order valence-electron chi connectivity index (χ4n) is 3.68. The van der Waals surface area contributed by atoms with Gasteiger partial charge in [0.2, 0.25) is 10.0 Å². The summed E-state index contributed by atoms with van der Waals surface area (Å²) in [6.07, 6.45) is 1.04. The van der Waals surface area contributed by atoms with Gasteiger partial charge in [-0.25, -0.2) is 18.4 Å². The number of carbonyl (C=O) groups excluding carboxylic acids is 1. The molecule has 1 aromatic heterocycles. The number of thioether (sulfide) groups is 1. The molecule has 0 saturated carbocycles. The second-order valence-corrected chi connectivity index (χ2v) is 11.5. The van der Waals surface area contributed by atoms with Gasteiger partial charge in [0.25, 0.3) is 5.91 Å². The topological polar surface area (TPSA) is 101 Å². The van der Waals surface area contributed by atoms with E-state index in [9.17, 15) is 13.2 Å². The van der Waals surface area contributed by atoms with Crippen LogP contribution in [0.4, 0.5) is 5.69 Å². The normalized spacial score (nSPS) is 18.8. The monoisotopic (exact) mass is 532 g/mol. The SMILES string of the molecule is CC1CN(S(=O)(=O)c2ccc(NC(=O)c3nc(SCc4ccccc4)ncc3Cl)cc2)CC(C)O1. The smallest absolute Gasteiger partial charge is 0.275 e. The predicted molar refractivity (Wildman–Crippen MR) is 136 cm³/mol. The molecule has 0 aliphatic carbocycles. The molecule has 2 heterocycles. The van der Waals surface area contributed by atoms with Crippen LogP contribution in [0.3, 0.4) is 0 Å². The van der Waals surface area contributed by atoms with Crippen molar-refractivity contribution in [3.05, 3.63) is 77.1 Å². The lowest BCUT2D eigenvalue weighted by Gasteiger charge is -2.34. The number of ether oxygens (including phenoxy) is 1. The van der Waals surface area contributed by atoms with Crippen LogP contribution in [0.25, 0.3) is 0 Å². The summed E-state index contributed by atoms with van der Waals surface area (Å²) in [5, 5.41) is 3.28. The van der Waals surface area contributed by atoms with Crippen LogP contribution >= 0.6 is 23.4 Å². The number of benzene rings is 2. The molecule has 1 fully saturated rings. The maximum absolute atomic E-state index is 13.0. The number of aromatic nitrogens is 2. The van der Waals surface area contributed by atoms with Crippen LogP contribution in [0, 0.1) is 0 Å². The van der Waals surface area contributed by atoms with Gasteiger partial charge < -0.3 is 10.1 Å². The lowest BCUT2D eigenvalue weighted by atomic mass is 10.2. The molecule has 184 valence electrons. The molecule has 0 radical (unpaired) electrons. The van der Waals surface area contributed by atoms with E-state index in [-0.39, 0.29) is 27.8 Å². The quantitative estimate of drug-likeness (QED) is 0.354. The van der Waals surface area contributed by atoms with Crippen molar-refractivity contribution < 1.29 is 17.9 Å². The minimum atomic E-state index is -3.67. The first-order valence-corrected chi connectivity index (χ1v) is 13.8. The Morgan fingerprint density at radius 3 is 2.43 bits per heavy atom. The fourth-order valence-corrected chi connectivity index (χ4v) is 6.22. The first-order chi connectivity index (χ1) is 16.7. The third-order valence-corrected chi connectivity index (χ3v) is 8.34. The summed E-state index contributed by atoms with van der Waals surface area (Å²) in [7, 11) is -3.67. The highest BCUT2D eigenvalue weighted by molar-refractivity contribution is 7.98. The number of halogens is 1. The molecule has 1 amide bonds. The van der Waals surface area contributed by atoms with E-state index < -0.39 is 15.9 Å². The molecular weight excluding hydrogens is 508 g/mol. The van der Waals surface area contributed by atoms with Gasteiger partial charge in [0.1, 0.15) is 0 Å². The van der Waals surface area contributed by atoms with Gasteiger partial charge >= 0.3 is 0 Å². The number of carbonyl (C=O) groups is 1. The zero-order valence-corrected chi connectivity index (χ0v) is 21.6. The van der Waals surface area contributed by atoms with Crippen LogP contribution in [0.2, 0.25) is 5.02 Å². The van der Waals surface area contributed by atoms with Gasteiger partial charge in [-0.3, -0.25) is 4.79 Å². The Balaban J connectivity index is 1.43. The van der Waals surface area contributed by atoms with Gasteiger partial charge in [0, 0.05) is 24.5 Å². The fraction of sp³-hybridized carbons (Fsp3) is 0.292. The van der Waals surface area contributed by atoms with Gasteiger partial charge in [-0.1, -0.05) is 53.7 Å². The Morgan fingerprint density at radius 1 is 1.11 bits per heavy atom. The molecule has 3 aromatic rings. The highest BCUT2D eigenvalue weighted by atomic mass is 35.5. The number of nitrogens with zero attached hydrogens (tertiary/aromatic N) is 3. The number of rotatable bonds is 7. The molecule has 2 atom stereocenters. The highest BCUT2D eigenvalue weighted by Gasteiger charge is 2.32. The zero-order chi connectivity index (χ0) is 25.0. The molecule has 1 aliphatic rings. The van der Waals surface area contributed by atoms with Crippen molar-refractivity contribution >= 4 is 45.0 Å². The van der Waals surface area contributed by atoms with E-state index in [1.165, 1.54) is 46.5 Å². The van der Waals surface area contributed by atoms with Gasteiger partial charge in [0.05, 0.1) is 28.3 Å². The summed E-state index contributed by atoms with van der Waals surface area (Å²) >= 11 is 7.58. The summed E-state index contributed by atoms with van der Waals surface area (Å²) in [4.78, 5) is 21.5. The van der Waals surface area contributed by atoms with E-state index in [2.05, 4.69) is 15.3 Å². The zero-order valence-electron chi connectivity index (χ0n) is 19.2. The number of nitrogens with one attached hydrogen (secondary N) is 1. The number of sulfonamides is 1. The number of amides is 1. The van der Waals surface area contributed by atoms with Crippen molar-refractivity contribution in [2.45, 2.75) is 41.9 Å². The van der Waals surface area contributed by atoms with Crippen molar-refractivity contribution in [3.8, 4) is 0 Å². The minimum absolute atomic E-state index is 0.0465. The van der Waals surface area contributed by atoms with Crippen LogP contribution < -0.4 is 5.32 Å². The molecule has 4 rings (SSSR count). The first kappa shape index (κ1) is 25.6. The maximum atomic E-state index is 13.0. The van der Waals surface area contributed by atoms with Gasteiger partial charge in [-0.05, 0) is 43.7 Å². The van der Waals surface area contributed by atoms with Crippen molar-refractivity contribution in [2.75, 3.05) is 18.4 Å². The van der Waals surface area contributed by atoms with Crippen LogP contribution in [0.5, 0.6) is 0 Å². The molecule has 1 saturated heterocycles. The molecule has 2 aromatic carbocycles. The number of anilines is 1. The number of hydrogen-bond donors (Lipinski definition) is 1. The Bertz CT molecular complexity index is 1280. The molecular formula is C24H25ClN4O4S2. The maximum Gasteiger partial charge on any atom is 0.275 e. The van der Waals surface area contributed by atoms with E-state index in [1.54, 1.807) is 0 Å². The van der Waals surface area contributed by atoms with Crippen molar-refractivity contribution in [1.29, 1.82) is 0 Å². The Kier molecular flexibility index (Phi) is 8.08. The molecule has 11 heteroatoms. The third-order valence-electron chi connectivity index (χ3n) is 5.28. The van der Waals surface area contributed by atoms with E-state index in [4.69, 9.17) is 16.3 Å². The van der Waals surface area contributed by atoms with E-state index in [0.717, 1.165) is 5.56 Å². The third kappa shape index (κ3) is 6.39. The van der Waals surface area contributed by atoms with E-state index >= 15 is 0 Å². The summed E-state index contributed by atoms with van der Waals surface area (Å²) in [5.41, 5.74) is 1.58. The molecule has 1 aliphatic heterocycles. The van der Waals surface area contributed by atoms with Crippen LogP contribution in [-0.4, -0.2) is 53.9 Å². The number of hydrogen-bond acceptors (Lipinski definition) is 7. The highest BCUT2D eigenvalue weighted by Crippen LogP contribution is 2.25. The standard InChI is InChI=1S/C24H25ClN4O4S2/c1-16-13-29(14-17(2)33-16)35(31,32)20-10-8-19(9-11-20)27-23(30)22-21(25)12-26-24(28-22)34-15-18-6-4-3-5-7-18/h3-12,16-17H,13-15H2,1-2H3,(H,27,30). The van der Waals surface area contributed by atoms with E-state index in [1.807, 2.05) is 44.2 Å². The second-order valence-electron chi connectivity index (χ2n) is 8.18.